The number of hydrogen-bond acceptors (Lipinski definition) is 6. The van der Waals surface area contributed by atoms with E-state index in [-0.39, 0.29) is 22.8 Å². The van der Waals surface area contributed by atoms with Gasteiger partial charge in [0.25, 0.3) is 11.6 Å². The van der Waals surface area contributed by atoms with E-state index in [0.717, 1.165) is 31.1 Å². The number of anilines is 1. The number of nitrogen functional groups attached to an aromatic ring is 1. The Morgan fingerprint density at radius 1 is 1.43 bits per heavy atom. The molecule has 0 spiro atoms. The van der Waals surface area contributed by atoms with E-state index in [2.05, 4.69) is 10.2 Å². The molecule has 0 unspecified atom stereocenters. The zero-order valence-corrected chi connectivity index (χ0v) is 12.4. The topological polar surface area (TPSA) is 101 Å². The summed E-state index contributed by atoms with van der Waals surface area (Å²) in [5, 5.41) is 13.5. The number of nitro groups is 1. The third-order valence-corrected chi connectivity index (χ3v) is 4.25. The number of amides is 1. The van der Waals surface area contributed by atoms with Crippen molar-refractivity contribution >= 4 is 29.0 Å². The number of hydrogen-bond donors (Lipinski definition) is 2. The van der Waals surface area contributed by atoms with Gasteiger partial charge in [-0.25, -0.2) is 0 Å². The van der Waals surface area contributed by atoms with Gasteiger partial charge < -0.3 is 11.1 Å². The predicted molar refractivity (Wildman–Crippen MR) is 83.6 cm³/mol. The van der Waals surface area contributed by atoms with Gasteiger partial charge in [-0.1, -0.05) is 0 Å². The summed E-state index contributed by atoms with van der Waals surface area (Å²) in [5.74, 6) is 1.86. The molecular weight excluding hydrogens is 292 g/mol. The Bertz CT molecular complexity index is 532. The molecule has 1 aliphatic rings. The Morgan fingerprint density at radius 3 is 2.81 bits per heavy atom. The Kier molecular flexibility index (Phi) is 5.40. The van der Waals surface area contributed by atoms with E-state index in [1.54, 1.807) is 0 Å². The number of thioether (sulfide) groups is 1. The second-order valence-electron chi connectivity index (χ2n) is 4.74. The molecule has 0 atom stereocenters. The predicted octanol–water partition coefficient (Wildman–Crippen LogP) is 0.956. The van der Waals surface area contributed by atoms with Crippen LogP contribution in [0.2, 0.25) is 0 Å². The van der Waals surface area contributed by atoms with E-state index in [4.69, 9.17) is 5.73 Å². The number of benzene rings is 1. The molecule has 1 aromatic rings. The molecule has 0 aromatic heterocycles. The maximum atomic E-state index is 12.0. The summed E-state index contributed by atoms with van der Waals surface area (Å²) in [7, 11) is 0. The summed E-state index contributed by atoms with van der Waals surface area (Å²) in [5.41, 5.74) is 5.97. The summed E-state index contributed by atoms with van der Waals surface area (Å²) in [6, 6.07) is 3.88. The zero-order valence-electron chi connectivity index (χ0n) is 11.6. The maximum Gasteiger partial charge on any atom is 0.270 e. The van der Waals surface area contributed by atoms with E-state index in [1.807, 2.05) is 11.8 Å². The number of rotatable bonds is 5. The molecular formula is C13H18N4O3S. The van der Waals surface area contributed by atoms with Crippen molar-refractivity contribution in [3.05, 3.63) is 33.9 Å². The quantitative estimate of drug-likeness (QED) is 0.477. The van der Waals surface area contributed by atoms with Gasteiger partial charge >= 0.3 is 0 Å². The average molecular weight is 310 g/mol. The van der Waals surface area contributed by atoms with Crippen LogP contribution in [-0.4, -0.2) is 53.4 Å². The van der Waals surface area contributed by atoms with Gasteiger partial charge in [0.05, 0.1) is 10.5 Å². The van der Waals surface area contributed by atoms with Crippen molar-refractivity contribution in [1.82, 2.24) is 10.2 Å². The Hall–Kier alpha value is -1.80. The van der Waals surface area contributed by atoms with Crippen molar-refractivity contribution in [3.8, 4) is 0 Å². The summed E-state index contributed by atoms with van der Waals surface area (Å²) < 4.78 is 0. The molecule has 1 heterocycles. The van der Waals surface area contributed by atoms with Crippen LogP contribution < -0.4 is 11.1 Å². The van der Waals surface area contributed by atoms with Gasteiger partial charge in [-0.05, 0) is 6.07 Å². The molecule has 8 heteroatoms. The van der Waals surface area contributed by atoms with Gasteiger partial charge in [-0.3, -0.25) is 19.8 Å². The minimum absolute atomic E-state index is 0.137. The van der Waals surface area contributed by atoms with Crippen molar-refractivity contribution in [2.45, 2.75) is 0 Å². The fraction of sp³-hybridized carbons (Fsp3) is 0.462. The van der Waals surface area contributed by atoms with Crippen molar-refractivity contribution in [2.24, 2.45) is 0 Å². The largest absolute Gasteiger partial charge is 0.398 e. The minimum atomic E-state index is -0.540. The highest BCUT2D eigenvalue weighted by Crippen LogP contribution is 2.19. The fourth-order valence-electron chi connectivity index (χ4n) is 2.10. The first kappa shape index (κ1) is 15.6. The van der Waals surface area contributed by atoms with Crippen LogP contribution in [0.25, 0.3) is 0 Å². The van der Waals surface area contributed by atoms with E-state index in [1.165, 1.54) is 18.2 Å². The fourth-order valence-corrected chi connectivity index (χ4v) is 3.08. The monoisotopic (exact) mass is 310 g/mol. The molecule has 1 saturated heterocycles. The maximum absolute atomic E-state index is 12.0. The highest BCUT2D eigenvalue weighted by molar-refractivity contribution is 7.99. The average Bonchev–Trinajstić information content (AvgIpc) is 2.48. The summed E-state index contributed by atoms with van der Waals surface area (Å²) in [6.45, 7) is 3.34. The number of nitro benzene ring substituents is 1. The molecule has 0 saturated carbocycles. The minimum Gasteiger partial charge on any atom is -0.398 e. The van der Waals surface area contributed by atoms with Crippen LogP contribution in [-0.2, 0) is 0 Å². The van der Waals surface area contributed by atoms with E-state index >= 15 is 0 Å². The van der Waals surface area contributed by atoms with Crippen molar-refractivity contribution in [1.29, 1.82) is 0 Å². The number of carbonyl (C=O) groups excluding carboxylic acids is 1. The molecule has 1 fully saturated rings. The molecule has 114 valence electrons. The van der Waals surface area contributed by atoms with Crippen LogP contribution in [0.15, 0.2) is 18.2 Å². The molecule has 1 aliphatic heterocycles. The second-order valence-corrected chi connectivity index (χ2v) is 5.96. The first-order valence-electron chi connectivity index (χ1n) is 6.70. The van der Waals surface area contributed by atoms with E-state index < -0.39 is 4.92 Å². The number of non-ortho nitro benzene ring substituents is 1. The number of nitrogens with two attached hydrogens (primary N) is 1. The van der Waals surface area contributed by atoms with Crippen LogP contribution in [0.4, 0.5) is 11.4 Å². The Morgan fingerprint density at radius 2 is 2.14 bits per heavy atom. The molecule has 3 N–H and O–H groups in total. The molecule has 21 heavy (non-hydrogen) atoms. The van der Waals surface area contributed by atoms with Gasteiger partial charge in [0.1, 0.15) is 0 Å². The second kappa shape index (κ2) is 7.28. The number of carbonyl (C=O) groups is 1. The smallest absolute Gasteiger partial charge is 0.270 e. The summed E-state index contributed by atoms with van der Waals surface area (Å²) >= 11 is 1.93. The molecule has 0 aliphatic carbocycles. The third kappa shape index (κ3) is 4.33. The van der Waals surface area contributed by atoms with Crippen LogP contribution in [0.3, 0.4) is 0 Å². The van der Waals surface area contributed by atoms with E-state index in [9.17, 15) is 14.9 Å². The van der Waals surface area contributed by atoms with Crippen molar-refractivity contribution in [3.63, 3.8) is 0 Å². The van der Waals surface area contributed by atoms with Gasteiger partial charge in [0.15, 0.2) is 0 Å². The zero-order chi connectivity index (χ0) is 15.2. The van der Waals surface area contributed by atoms with Gasteiger partial charge in [-0.15, -0.1) is 0 Å². The Labute approximate surface area is 127 Å². The highest BCUT2D eigenvalue weighted by Gasteiger charge is 2.16. The summed E-state index contributed by atoms with van der Waals surface area (Å²) in [6.07, 6.45) is 0. The van der Waals surface area contributed by atoms with Crippen LogP contribution in [0, 0.1) is 10.1 Å². The van der Waals surface area contributed by atoms with Crippen LogP contribution in [0.1, 0.15) is 10.4 Å². The molecule has 7 nitrogen and oxygen atoms in total. The van der Waals surface area contributed by atoms with Gasteiger partial charge in [0.2, 0.25) is 0 Å². The van der Waals surface area contributed by atoms with Crippen LogP contribution >= 0.6 is 11.8 Å². The van der Waals surface area contributed by atoms with Gasteiger partial charge in [-0.2, -0.15) is 11.8 Å². The molecule has 0 bridgehead atoms. The lowest BCUT2D eigenvalue weighted by atomic mass is 10.1. The molecule has 1 amide bonds. The van der Waals surface area contributed by atoms with Crippen molar-refractivity contribution < 1.29 is 9.72 Å². The molecule has 0 radical (unpaired) electrons. The van der Waals surface area contributed by atoms with E-state index in [0.29, 0.717) is 6.54 Å². The number of nitrogens with zero attached hydrogens (tertiary/aromatic N) is 2. The lowest BCUT2D eigenvalue weighted by molar-refractivity contribution is -0.384. The Balaban J connectivity index is 1.90. The van der Waals surface area contributed by atoms with Crippen LogP contribution in [0.5, 0.6) is 0 Å². The third-order valence-electron chi connectivity index (χ3n) is 3.31. The first-order valence-corrected chi connectivity index (χ1v) is 7.85. The first-order chi connectivity index (χ1) is 10.1. The van der Waals surface area contributed by atoms with Gasteiger partial charge in [0, 0.05) is 55.5 Å². The SMILES string of the molecule is Nc1ccc([N+](=O)[O-])cc1C(=O)NCCN1CCSCC1. The normalized spacial score (nSPS) is 15.6. The summed E-state index contributed by atoms with van der Waals surface area (Å²) in [4.78, 5) is 24.5. The van der Waals surface area contributed by atoms with Crippen molar-refractivity contribution in [2.75, 3.05) is 43.4 Å². The standard InChI is InChI=1S/C13H18N4O3S/c14-12-2-1-10(17(19)20)9-11(12)13(18)15-3-4-16-5-7-21-8-6-16/h1-2,9H,3-8,14H2,(H,15,18). The molecule has 1 aromatic carbocycles. The lowest BCUT2D eigenvalue weighted by Gasteiger charge is -2.26. The highest BCUT2D eigenvalue weighted by atomic mass is 32.2. The lowest BCUT2D eigenvalue weighted by Crippen LogP contribution is -2.39. The number of nitrogens with one attached hydrogen (secondary N) is 1. The molecule has 2 rings (SSSR count).